The zero-order chi connectivity index (χ0) is 12.3. The monoisotopic (exact) mass is 250 g/mol. The van der Waals surface area contributed by atoms with E-state index >= 15 is 0 Å². The van der Waals surface area contributed by atoms with Crippen molar-refractivity contribution < 1.29 is 0 Å². The smallest absolute Gasteiger partial charge is 0.0495 e. The predicted octanol–water partition coefficient (Wildman–Crippen LogP) is 3.68. The van der Waals surface area contributed by atoms with Crippen molar-refractivity contribution in [2.75, 3.05) is 6.54 Å². The van der Waals surface area contributed by atoms with Crippen LogP contribution in [0.2, 0.25) is 5.02 Å². The fourth-order valence-electron chi connectivity index (χ4n) is 1.93. The van der Waals surface area contributed by atoms with Gasteiger partial charge in [-0.25, -0.2) is 0 Å². The summed E-state index contributed by atoms with van der Waals surface area (Å²) < 4.78 is 2.25. The molecule has 3 heteroatoms. The van der Waals surface area contributed by atoms with Gasteiger partial charge in [-0.3, -0.25) is 0 Å². The summed E-state index contributed by atoms with van der Waals surface area (Å²) in [6, 6.07) is 8.75. The molecule has 0 saturated heterocycles. The molecule has 2 aromatic rings. The van der Waals surface area contributed by atoms with Crippen LogP contribution in [0.3, 0.4) is 0 Å². The van der Waals surface area contributed by atoms with Crippen LogP contribution in [-0.2, 0) is 6.54 Å². The summed E-state index contributed by atoms with van der Waals surface area (Å²) in [5, 5.41) is 5.54. The van der Waals surface area contributed by atoms with Crippen LogP contribution in [0.1, 0.15) is 20.3 Å². The molecule has 92 valence electrons. The van der Waals surface area contributed by atoms with Crippen LogP contribution in [-0.4, -0.2) is 17.2 Å². The highest BCUT2D eigenvalue weighted by atomic mass is 35.5. The minimum atomic E-state index is 0.584. The lowest BCUT2D eigenvalue weighted by molar-refractivity contribution is 0.509. The van der Waals surface area contributed by atoms with Crippen LogP contribution in [0.25, 0.3) is 10.9 Å². The number of hydrogen-bond donors (Lipinski definition) is 1. The highest BCUT2D eigenvalue weighted by Crippen LogP contribution is 2.20. The number of fused-ring (bicyclic) bond motifs is 1. The van der Waals surface area contributed by atoms with Crippen molar-refractivity contribution in [3.63, 3.8) is 0 Å². The van der Waals surface area contributed by atoms with Crippen molar-refractivity contribution in [3.05, 3.63) is 35.5 Å². The van der Waals surface area contributed by atoms with Crippen LogP contribution >= 0.6 is 11.6 Å². The Balaban J connectivity index is 2.06. The first-order valence-electron chi connectivity index (χ1n) is 6.18. The van der Waals surface area contributed by atoms with Crippen molar-refractivity contribution in [1.82, 2.24) is 9.88 Å². The fraction of sp³-hybridized carbons (Fsp3) is 0.429. The van der Waals surface area contributed by atoms with Gasteiger partial charge in [0.2, 0.25) is 0 Å². The molecule has 0 aliphatic heterocycles. The molecular weight excluding hydrogens is 232 g/mol. The van der Waals surface area contributed by atoms with Gasteiger partial charge in [0.1, 0.15) is 0 Å². The Morgan fingerprint density at radius 2 is 2.18 bits per heavy atom. The molecule has 0 aliphatic carbocycles. The number of aromatic nitrogens is 1. The lowest BCUT2D eigenvalue weighted by atomic mass is 10.2. The number of nitrogens with zero attached hydrogens (tertiary/aromatic N) is 1. The lowest BCUT2D eigenvalue weighted by Crippen LogP contribution is -2.28. The summed E-state index contributed by atoms with van der Waals surface area (Å²) in [6.07, 6.45) is 3.29. The van der Waals surface area contributed by atoms with E-state index in [1.807, 2.05) is 12.1 Å². The van der Waals surface area contributed by atoms with Crippen molar-refractivity contribution in [2.45, 2.75) is 32.9 Å². The summed E-state index contributed by atoms with van der Waals surface area (Å²) >= 11 is 6.03. The second-order valence-electron chi connectivity index (χ2n) is 4.48. The third-order valence-electron chi connectivity index (χ3n) is 3.19. The lowest BCUT2D eigenvalue weighted by Gasteiger charge is -2.12. The minimum Gasteiger partial charge on any atom is -0.346 e. The van der Waals surface area contributed by atoms with E-state index in [-0.39, 0.29) is 0 Å². The van der Waals surface area contributed by atoms with Gasteiger partial charge in [0, 0.05) is 35.9 Å². The van der Waals surface area contributed by atoms with Gasteiger partial charge >= 0.3 is 0 Å². The maximum atomic E-state index is 6.03. The van der Waals surface area contributed by atoms with E-state index < -0.39 is 0 Å². The maximum Gasteiger partial charge on any atom is 0.0495 e. The summed E-state index contributed by atoms with van der Waals surface area (Å²) in [7, 11) is 0. The first-order valence-corrected chi connectivity index (χ1v) is 6.56. The average molecular weight is 251 g/mol. The van der Waals surface area contributed by atoms with Gasteiger partial charge in [0.25, 0.3) is 0 Å². The second kappa shape index (κ2) is 5.56. The van der Waals surface area contributed by atoms with Crippen LogP contribution in [0.15, 0.2) is 30.5 Å². The Morgan fingerprint density at radius 3 is 2.94 bits per heavy atom. The molecule has 17 heavy (non-hydrogen) atoms. The quantitative estimate of drug-likeness (QED) is 0.857. The molecule has 1 unspecified atom stereocenters. The van der Waals surface area contributed by atoms with E-state index in [2.05, 4.69) is 42.1 Å². The molecule has 1 N–H and O–H groups in total. The molecule has 1 atom stereocenters. The van der Waals surface area contributed by atoms with E-state index in [4.69, 9.17) is 11.6 Å². The topological polar surface area (TPSA) is 17.0 Å². The van der Waals surface area contributed by atoms with Gasteiger partial charge < -0.3 is 9.88 Å². The minimum absolute atomic E-state index is 0.584. The molecule has 2 rings (SSSR count). The standard InChI is InChI=1S/C14H19ClN2/c1-3-11(2)16-7-9-17-8-6-12-4-5-13(15)10-14(12)17/h4-6,8,10-11,16H,3,7,9H2,1-2H3. The van der Waals surface area contributed by atoms with Crippen LogP contribution in [0, 0.1) is 0 Å². The predicted molar refractivity (Wildman–Crippen MR) is 74.7 cm³/mol. The van der Waals surface area contributed by atoms with Gasteiger partial charge in [0.05, 0.1) is 0 Å². The molecule has 0 spiro atoms. The second-order valence-corrected chi connectivity index (χ2v) is 4.91. The van der Waals surface area contributed by atoms with Crippen molar-refractivity contribution in [1.29, 1.82) is 0 Å². The Morgan fingerprint density at radius 1 is 1.35 bits per heavy atom. The van der Waals surface area contributed by atoms with Gasteiger partial charge in [-0.1, -0.05) is 24.6 Å². The Labute approximate surface area is 108 Å². The first-order chi connectivity index (χ1) is 8.20. The van der Waals surface area contributed by atoms with E-state index in [0.29, 0.717) is 6.04 Å². The third kappa shape index (κ3) is 3.02. The molecule has 0 radical (unpaired) electrons. The SMILES string of the molecule is CCC(C)NCCn1ccc2ccc(Cl)cc21. The zero-order valence-electron chi connectivity index (χ0n) is 10.4. The Kier molecular flexibility index (Phi) is 4.08. The van der Waals surface area contributed by atoms with Gasteiger partial charge in [-0.05, 0) is 36.9 Å². The van der Waals surface area contributed by atoms with Crippen LogP contribution in [0.4, 0.5) is 0 Å². The van der Waals surface area contributed by atoms with Crippen molar-refractivity contribution >= 4 is 22.5 Å². The molecule has 1 heterocycles. The third-order valence-corrected chi connectivity index (χ3v) is 3.43. The largest absolute Gasteiger partial charge is 0.346 e. The first kappa shape index (κ1) is 12.5. The molecule has 0 bridgehead atoms. The molecule has 1 aromatic carbocycles. The van der Waals surface area contributed by atoms with E-state index in [9.17, 15) is 0 Å². The van der Waals surface area contributed by atoms with Gasteiger partial charge in [0.15, 0.2) is 0 Å². The normalized spacial score (nSPS) is 13.1. The van der Waals surface area contributed by atoms with Crippen molar-refractivity contribution in [3.8, 4) is 0 Å². The highest BCUT2D eigenvalue weighted by molar-refractivity contribution is 6.31. The molecule has 1 aromatic heterocycles. The summed E-state index contributed by atoms with van der Waals surface area (Å²) in [6.45, 7) is 6.38. The highest BCUT2D eigenvalue weighted by Gasteiger charge is 2.02. The molecule has 0 saturated carbocycles. The summed E-state index contributed by atoms with van der Waals surface area (Å²) in [5.74, 6) is 0. The Bertz CT molecular complexity index is 490. The number of benzene rings is 1. The molecule has 0 aliphatic rings. The number of halogens is 1. The summed E-state index contributed by atoms with van der Waals surface area (Å²) in [4.78, 5) is 0. The van der Waals surface area contributed by atoms with E-state index in [1.54, 1.807) is 0 Å². The maximum absolute atomic E-state index is 6.03. The molecule has 0 amide bonds. The molecular formula is C14H19ClN2. The number of hydrogen-bond acceptors (Lipinski definition) is 1. The summed E-state index contributed by atoms with van der Waals surface area (Å²) in [5.41, 5.74) is 1.21. The fourth-order valence-corrected chi connectivity index (χ4v) is 2.09. The Hall–Kier alpha value is -0.990. The number of nitrogens with one attached hydrogen (secondary N) is 1. The number of rotatable bonds is 5. The van der Waals surface area contributed by atoms with E-state index in [0.717, 1.165) is 24.5 Å². The van der Waals surface area contributed by atoms with Crippen LogP contribution in [0.5, 0.6) is 0 Å². The van der Waals surface area contributed by atoms with Gasteiger partial charge in [-0.2, -0.15) is 0 Å². The van der Waals surface area contributed by atoms with Crippen molar-refractivity contribution in [2.24, 2.45) is 0 Å². The molecule has 2 nitrogen and oxygen atoms in total. The zero-order valence-corrected chi connectivity index (χ0v) is 11.2. The molecule has 0 fully saturated rings. The van der Waals surface area contributed by atoms with Gasteiger partial charge in [-0.15, -0.1) is 0 Å². The average Bonchev–Trinajstić information content (AvgIpc) is 2.72. The van der Waals surface area contributed by atoms with E-state index in [1.165, 1.54) is 10.9 Å². The van der Waals surface area contributed by atoms with Crippen LogP contribution < -0.4 is 5.32 Å².